The lowest BCUT2D eigenvalue weighted by Gasteiger charge is -2.39. The quantitative estimate of drug-likeness (QED) is 0.268. The third-order valence-corrected chi connectivity index (χ3v) is 2.77. The summed E-state index contributed by atoms with van der Waals surface area (Å²) in [7, 11) is 0. The number of hydrogen-bond acceptors (Lipinski definition) is 2. The van der Waals surface area contributed by atoms with Crippen molar-refractivity contribution in [2.75, 3.05) is 6.61 Å². The lowest BCUT2D eigenvalue weighted by molar-refractivity contribution is -0.440. The molecule has 2 nitrogen and oxygen atoms in total. The minimum absolute atomic E-state index is 1.10. The van der Waals surface area contributed by atoms with Crippen LogP contribution in [0.1, 0.15) is 6.42 Å². The van der Waals surface area contributed by atoms with Crippen molar-refractivity contribution in [1.82, 2.24) is 0 Å². The molecule has 0 saturated carbocycles. The normalized spacial score (nSPS) is 14.8. The van der Waals surface area contributed by atoms with Gasteiger partial charge in [0.25, 0.3) is 0 Å². The second-order valence-electron chi connectivity index (χ2n) is 4.53. The first-order valence-electron chi connectivity index (χ1n) is 5.80. The Morgan fingerprint density at radius 1 is 0.731 bits per heavy atom. The lowest BCUT2D eigenvalue weighted by atomic mass is 9.93. The maximum absolute atomic E-state index is 13.1. The van der Waals surface area contributed by atoms with Gasteiger partial charge in [0.1, 0.15) is 0 Å². The summed E-state index contributed by atoms with van der Waals surface area (Å²) in [5, 5.41) is 0. The van der Waals surface area contributed by atoms with Crippen LogP contribution in [0, 0.1) is 12.3 Å². The largest absolute Gasteiger partial charge is 0.460 e. The number of hydrogen-bond donors (Lipinski definition) is 0. The summed E-state index contributed by atoms with van der Waals surface area (Å²) >= 11 is 0. The van der Waals surface area contributed by atoms with Crippen LogP contribution >= 0.6 is 0 Å². The Morgan fingerprint density at radius 3 is 1.46 bits per heavy atom. The van der Waals surface area contributed by atoms with Crippen molar-refractivity contribution in [3.05, 3.63) is 0 Å². The Morgan fingerprint density at radius 2 is 1.12 bits per heavy atom. The van der Waals surface area contributed by atoms with Gasteiger partial charge in [-0.25, -0.2) is 4.79 Å². The van der Waals surface area contributed by atoms with Crippen LogP contribution < -0.4 is 0 Å². The molecule has 0 aliphatic rings. The molecule has 0 aromatic heterocycles. The molecule has 0 amide bonds. The zero-order valence-electron chi connectivity index (χ0n) is 11.7. The van der Waals surface area contributed by atoms with Gasteiger partial charge < -0.3 is 4.74 Å². The predicted molar refractivity (Wildman–Crippen MR) is 55.2 cm³/mol. The summed E-state index contributed by atoms with van der Waals surface area (Å²) in [5.74, 6) is -38.0. The minimum Gasteiger partial charge on any atom is -0.456 e. The van der Waals surface area contributed by atoms with Crippen LogP contribution in [0.3, 0.4) is 0 Å². The Balaban J connectivity index is 5.86. The van der Waals surface area contributed by atoms with Gasteiger partial charge in [-0.05, 0) is 0 Å². The van der Waals surface area contributed by atoms with E-state index < -0.39 is 54.8 Å². The summed E-state index contributed by atoms with van der Waals surface area (Å²) < 4.78 is 168. The SMILES string of the molecule is C#CC(=O)OCCC(F)(F)C(F)(F)C(F)(F)C(F)(F)C(F)(F)C(F)(F)F. The standard InChI is InChI=1S/C11H5F13O2/c1-2-5(25)26-4-3-6(12,13)7(14,15)8(16,17)9(18,19)10(20,21)11(22,23)24/h1H,3-4H2. The summed E-state index contributed by atoms with van der Waals surface area (Å²) in [6.45, 7) is -1.86. The van der Waals surface area contributed by atoms with E-state index in [9.17, 15) is 61.9 Å². The molecule has 0 bridgehead atoms. The fraction of sp³-hybridized carbons (Fsp3) is 0.727. The van der Waals surface area contributed by atoms with E-state index in [1.165, 1.54) is 0 Å². The average Bonchev–Trinajstić information content (AvgIpc) is 2.44. The van der Waals surface area contributed by atoms with Crippen molar-refractivity contribution in [3.8, 4) is 12.3 Å². The fourth-order valence-corrected chi connectivity index (χ4v) is 1.27. The molecular formula is C11H5F13O2. The van der Waals surface area contributed by atoms with Gasteiger partial charge in [0.2, 0.25) is 0 Å². The molecule has 0 rings (SSSR count). The number of terminal acetylenes is 1. The first kappa shape index (κ1) is 24.1. The molecule has 0 aromatic rings. The highest BCUT2D eigenvalue weighted by atomic mass is 19.4. The van der Waals surface area contributed by atoms with Crippen molar-refractivity contribution in [2.24, 2.45) is 0 Å². The van der Waals surface area contributed by atoms with Crippen molar-refractivity contribution in [2.45, 2.75) is 42.2 Å². The van der Waals surface area contributed by atoms with Gasteiger partial charge in [0, 0.05) is 5.92 Å². The van der Waals surface area contributed by atoms with E-state index >= 15 is 0 Å². The number of carbonyl (C=O) groups excluding carboxylic acids is 1. The maximum atomic E-state index is 13.1. The number of ether oxygens (including phenoxy) is 1. The van der Waals surface area contributed by atoms with E-state index in [0.29, 0.717) is 0 Å². The van der Waals surface area contributed by atoms with Crippen LogP contribution in [0.5, 0.6) is 0 Å². The second-order valence-corrected chi connectivity index (χ2v) is 4.53. The molecule has 0 unspecified atom stereocenters. The third-order valence-electron chi connectivity index (χ3n) is 2.77. The van der Waals surface area contributed by atoms with Crippen LogP contribution in [-0.4, -0.2) is 48.4 Å². The van der Waals surface area contributed by atoms with Crippen molar-refractivity contribution >= 4 is 5.97 Å². The summed E-state index contributed by atoms with van der Waals surface area (Å²) in [5.41, 5.74) is 0. The Kier molecular flexibility index (Phi) is 6.21. The predicted octanol–water partition coefficient (Wildman–Crippen LogP) is 4.29. The van der Waals surface area contributed by atoms with E-state index in [1.807, 2.05) is 0 Å². The van der Waals surface area contributed by atoms with Gasteiger partial charge >= 0.3 is 41.8 Å². The van der Waals surface area contributed by atoms with Gasteiger partial charge in [0.05, 0.1) is 13.0 Å². The third kappa shape index (κ3) is 3.63. The molecule has 0 saturated heterocycles. The molecule has 0 fully saturated rings. The highest BCUT2D eigenvalue weighted by Crippen LogP contribution is 2.60. The molecule has 0 heterocycles. The van der Waals surface area contributed by atoms with Gasteiger partial charge in [-0.15, -0.1) is 6.42 Å². The number of rotatable bonds is 7. The van der Waals surface area contributed by atoms with Crippen LogP contribution in [0.25, 0.3) is 0 Å². The molecule has 26 heavy (non-hydrogen) atoms. The minimum atomic E-state index is -7.96. The van der Waals surface area contributed by atoms with E-state index in [1.54, 1.807) is 0 Å². The molecule has 0 radical (unpaired) electrons. The molecule has 0 atom stereocenters. The first-order valence-corrected chi connectivity index (χ1v) is 5.80. The molecule has 0 aromatic carbocycles. The molecule has 15 heteroatoms. The first-order chi connectivity index (χ1) is 11.2. The van der Waals surface area contributed by atoms with Crippen molar-refractivity contribution < 1.29 is 66.6 Å². The monoisotopic (exact) mass is 416 g/mol. The van der Waals surface area contributed by atoms with Crippen LogP contribution in [0.2, 0.25) is 0 Å². The zero-order valence-corrected chi connectivity index (χ0v) is 11.7. The lowest BCUT2D eigenvalue weighted by Crippen LogP contribution is -2.70. The highest BCUT2D eigenvalue weighted by Gasteiger charge is 2.90. The van der Waals surface area contributed by atoms with Crippen LogP contribution in [-0.2, 0) is 9.53 Å². The van der Waals surface area contributed by atoms with E-state index in [2.05, 4.69) is 11.2 Å². The molecule has 0 aliphatic carbocycles. The van der Waals surface area contributed by atoms with Gasteiger partial charge in [-0.3, -0.25) is 0 Å². The highest BCUT2D eigenvalue weighted by molar-refractivity contribution is 5.87. The molecule has 0 spiro atoms. The van der Waals surface area contributed by atoms with Gasteiger partial charge in [-0.2, -0.15) is 57.1 Å². The van der Waals surface area contributed by atoms with E-state index in [4.69, 9.17) is 0 Å². The average molecular weight is 416 g/mol. The zero-order chi connectivity index (χ0) is 21.4. The molecular weight excluding hydrogens is 411 g/mol. The maximum Gasteiger partial charge on any atom is 0.460 e. The topological polar surface area (TPSA) is 26.3 Å². The Labute approximate surface area is 135 Å². The number of carbonyl (C=O) groups is 1. The summed E-state index contributed by atoms with van der Waals surface area (Å²) in [4.78, 5) is 10.4. The number of halogens is 13. The Hall–Kier alpha value is -1.88. The van der Waals surface area contributed by atoms with Gasteiger partial charge in [0.15, 0.2) is 0 Å². The van der Waals surface area contributed by atoms with Crippen LogP contribution in [0.4, 0.5) is 57.1 Å². The number of esters is 1. The molecule has 0 aliphatic heterocycles. The number of alkyl halides is 13. The Bertz CT molecular complexity index is 570. The van der Waals surface area contributed by atoms with Crippen LogP contribution in [0.15, 0.2) is 0 Å². The van der Waals surface area contributed by atoms with E-state index in [0.717, 1.165) is 5.92 Å². The van der Waals surface area contributed by atoms with E-state index in [-0.39, 0.29) is 0 Å². The summed E-state index contributed by atoms with van der Waals surface area (Å²) in [6.07, 6.45) is -5.75. The van der Waals surface area contributed by atoms with Crippen molar-refractivity contribution in [3.63, 3.8) is 0 Å². The van der Waals surface area contributed by atoms with Crippen molar-refractivity contribution in [1.29, 1.82) is 0 Å². The summed E-state index contributed by atoms with van der Waals surface area (Å²) in [6, 6.07) is 0. The smallest absolute Gasteiger partial charge is 0.456 e. The molecule has 152 valence electrons. The molecule has 0 N–H and O–H groups in total. The fourth-order valence-electron chi connectivity index (χ4n) is 1.27. The second kappa shape index (κ2) is 6.69. The van der Waals surface area contributed by atoms with Gasteiger partial charge in [-0.1, -0.05) is 0 Å².